The molecule has 0 aromatic heterocycles. The Kier molecular flexibility index (Phi) is 8.78. The van der Waals surface area contributed by atoms with Crippen LogP contribution in [0.5, 0.6) is 5.75 Å². The molecule has 0 heterocycles. The Morgan fingerprint density at radius 2 is 1.93 bits per heavy atom. The van der Waals surface area contributed by atoms with Crippen molar-refractivity contribution in [3.8, 4) is 5.75 Å². The van der Waals surface area contributed by atoms with Crippen molar-refractivity contribution < 1.29 is 14.3 Å². The molecule has 8 heteroatoms. The molecule has 0 unspecified atom stereocenters. The summed E-state index contributed by atoms with van der Waals surface area (Å²) in [5.41, 5.74) is 1.54. The van der Waals surface area contributed by atoms with Crippen LogP contribution in [0.25, 0.3) is 0 Å². The fourth-order valence-electron chi connectivity index (χ4n) is 2.15. The van der Waals surface area contributed by atoms with Crippen molar-refractivity contribution in [2.45, 2.75) is 12.7 Å². The van der Waals surface area contributed by atoms with Crippen LogP contribution in [0, 0.1) is 0 Å². The van der Waals surface area contributed by atoms with Gasteiger partial charge in [0.25, 0.3) is 5.91 Å². The predicted octanol–water partition coefficient (Wildman–Crippen LogP) is 4.38. The van der Waals surface area contributed by atoms with E-state index in [4.69, 9.17) is 27.9 Å². The van der Waals surface area contributed by atoms with E-state index in [0.29, 0.717) is 33.8 Å². The fraction of sp³-hybridized carbons (Fsp3) is 0.263. The summed E-state index contributed by atoms with van der Waals surface area (Å²) >= 11 is 13.4. The maximum absolute atomic E-state index is 12.1. The zero-order chi connectivity index (χ0) is 19.6. The van der Waals surface area contributed by atoms with E-state index < -0.39 is 0 Å². The third kappa shape index (κ3) is 7.71. The molecule has 0 radical (unpaired) electrons. The number of benzene rings is 2. The number of halogens is 2. The van der Waals surface area contributed by atoms with Crippen molar-refractivity contribution in [3.63, 3.8) is 0 Å². The summed E-state index contributed by atoms with van der Waals surface area (Å²) in [5.74, 6) is 1.08. The molecule has 0 spiro atoms. The van der Waals surface area contributed by atoms with Crippen molar-refractivity contribution in [2.75, 3.05) is 24.2 Å². The molecule has 0 fully saturated rings. The zero-order valence-corrected chi connectivity index (χ0v) is 17.1. The highest BCUT2D eigenvalue weighted by Gasteiger charge is 2.07. The first-order chi connectivity index (χ1) is 13.0. The van der Waals surface area contributed by atoms with E-state index >= 15 is 0 Å². The van der Waals surface area contributed by atoms with Gasteiger partial charge in [-0.3, -0.25) is 9.59 Å². The number of thioether (sulfide) groups is 1. The van der Waals surface area contributed by atoms with Gasteiger partial charge >= 0.3 is 0 Å². The lowest BCUT2D eigenvalue weighted by Crippen LogP contribution is -2.28. The zero-order valence-electron chi connectivity index (χ0n) is 14.8. The van der Waals surface area contributed by atoms with Crippen molar-refractivity contribution in [3.05, 3.63) is 58.1 Å². The largest absolute Gasteiger partial charge is 0.484 e. The molecular weight excluding hydrogens is 407 g/mol. The van der Waals surface area contributed by atoms with E-state index in [1.54, 1.807) is 36.4 Å². The van der Waals surface area contributed by atoms with Crippen molar-refractivity contribution >= 4 is 52.5 Å². The summed E-state index contributed by atoms with van der Waals surface area (Å²) in [6.45, 7) is 2.33. The van der Waals surface area contributed by atoms with Gasteiger partial charge in [0.1, 0.15) is 5.75 Å². The Hall–Kier alpha value is -1.89. The number of carbonyl (C=O) groups excluding carboxylic acids is 2. The Labute approximate surface area is 172 Å². The second kappa shape index (κ2) is 11.1. The number of amides is 2. The van der Waals surface area contributed by atoms with Crippen LogP contribution in [0.1, 0.15) is 12.5 Å². The Bertz CT molecular complexity index is 802. The molecule has 0 atom stereocenters. The minimum absolute atomic E-state index is 0.0665. The van der Waals surface area contributed by atoms with Gasteiger partial charge in [0.15, 0.2) is 6.61 Å². The topological polar surface area (TPSA) is 67.4 Å². The third-order valence-corrected chi connectivity index (χ3v) is 4.94. The van der Waals surface area contributed by atoms with Gasteiger partial charge in [-0.15, -0.1) is 11.8 Å². The monoisotopic (exact) mass is 426 g/mol. The first-order valence-corrected chi connectivity index (χ1v) is 10.2. The standard InChI is InChI=1S/C19H20Cl2N2O3S/c1-2-22-18(24)10-26-16-5-3-4-15(9-16)23-19(25)12-27-11-13-6-7-14(20)8-17(13)21/h3-9H,2,10-12H2,1H3,(H,22,24)(H,23,25). The smallest absolute Gasteiger partial charge is 0.257 e. The Morgan fingerprint density at radius 1 is 1.11 bits per heavy atom. The molecule has 2 rings (SSSR count). The summed E-state index contributed by atoms with van der Waals surface area (Å²) in [7, 11) is 0. The van der Waals surface area contributed by atoms with Gasteiger partial charge in [-0.25, -0.2) is 0 Å². The number of anilines is 1. The van der Waals surface area contributed by atoms with E-state index in [9.17, 15) is 9.59 Å². The molecule has 0 saturated heterocycles. The van der Waals surface area contributed by atoms with Crippen LogP contribution >= 0.6 is 35.0 Å². The van der Waals surface area contributed by atoms with Gasteiger partial charge in [0.2, 0.25) is 5.91 Å². The highest BCUT2D eigenvalue weighted by atomic mass is 35.5. The predicted molar refractivity (Wildman–Crippen MR) is 112 cm³/mol. The van der Waals surface area contributed by atoms with Crippen molar-refractivity contribution in [1.29, 1.82) is 0 Å². The number of carbonyl (C=O) groups is 2. The van der Waals surface area contributed by atoms with Crippen LogP contribution in [0.2, 0.25) is 10.0 Å². The van der Waals surface area contributed by atoms with Gasteiger partial charge in [-0.2, -0.15) is 0 Å². The van der Waals surface area contributed by atoms with Gasteiger partial charge in [-0.1, -0.05) is 35.3 Å². The SMILES string of the molecule is CCNC(=O)COc1cccc(NC(=O)CSCc2ccc(Cl)cc2Cl)c1. The maximum atomic E-state index is 12.1. The summed E-state index contributed by atoms with van der Waals surface area (Å²) < 4.78 is 5.41. The summed E-state index contributed by atoms with van der Waals surface area (Å²) in [4.78, 5) is 23.5. The van der Waals surface area contributed by atoms with Crippen molar-refractivity contribution in [1.82, 2.24) is 5.32 Å². The molecule has 2 amide bonds. The van der Waals surface area contributed by atoms with Gasteiger partial charge in [0.05, 0.1) is 5.75 Å². The highest BCUT2D eigenvalue weighted by molar-refractivity contribution is 7.99. The van der Waals surface area contributed by atoms with Crippen LogP contribution in [0.15, 0.2) is 42.5 Å². The van der Waals surface area contributed by atoms with Gasteiger partial charge in [0, 0.05) is 34.1 Å². The molecule has 2 aromatic rings. The summed E-state index contributed by atoms with van der Waals surface area (Å²) in [5, 5.41) is 6.64. The molecule has 27 heavy (non-hydrogen) atoms. The van der Waals surface area contributed by atoms with E-state index in [-0.39, 0.29) is 24.2 Å². The average Bonchev–Trinajstić information content (AvgIpc) is 2.62. The number of hydrogen-bond acceptors (Lipinski definition) is 4. The molecule has 0 bridgehead atoms. The minimum Gasteiger partial charge on any atom is -0.484 e. The molecule has 2 N–H and O–H groups in total. The lowest BCUT2D eigenvalue weighted by atomic mass is 10.2. The minimum atomic E-state index is -0.191. The number of likely N-dealkylation sites (N-methyl/N-ethyl adjacent to an activating group) is 1. The number of nitrogens with one attached hydrogen (secondary N) is 2. The fourth-order valence-corrected chi connectivity index (χ4v) is 3.54. The molecule has 0 aliphatic heterocycles. The van der Waals surface area contributed by atoms with Gasteiger partial charge in [-0.05, 0) is 36.8 Å². The summed E-state index contributed by atoms with van der Waals surface area (Å²) in [6, 6.07) is 12.2. The van der Waals surface area contributed by atoms with Crippen LogP contribution in [0.3, 0.4) is 0 Å². The Morgan fingerprint density at radius 3 is 2.67 bits per heavy atom. The first-order valence-electron chi connectivity index (χ1n) is 8.29. The second-order valence-corrected chi connectivity index (χ2v) is 7.38. The Balaban J connectivity index is 1.79. The second-order valence-electron chi connectivity index (χ2n) is 5.55. The van der Waals surface area contributed by atoms with Crippen LogP contribution in [-0.2, 0) is 15.3 Å². The molecule has 0 aliphatic rings. The highest BCUT2D eigenvalue weighted by Crippen LogP contribution is 2.25. The molecular formula is C19H20Cl2N2O3S. The molecule has 0 aliphatic carbocycles. The molecule has 5 nitrogen and oxygen atoms in total. The third-order valence-electron chi connectivity index (χ3n) is 3.37. The molecule has 2 aromatic carbocycles. The maximum Gasteiger partial charge on any atom is 0.257 e. The van der Waals surface area contributed by atoms with Crippen LogP contribution in [-0.4, -0.2) is 30.7 Å². The van der Waals surface area contributed by atoms with Crippen LogP contribution in [0.4, 0.5) is 5.69 Å². The van der Waals surface area contributed by atoms with Crippen LogP contribution < -0.4 is 15.4 Å². The number of ether oxygens (including phenoxy) is 1. The molecule has 144 valence electrons. The number of hydrogen-bond donors (Lipinski definition) is 2. The van der Waals surface area contributed by atoms with E-state index in [2.05, 4.69) is 10.6 Å². The normalized spacial score (nSPS) is 10.3. The van der Waals surface area contributed by atoms with E-state index in [0.717, 1.165) is 5.56 Å². The quantitative estimate of drug-likeness (QED) is 0.623. The van der Waals surface area contributed by atoms with E-state index in [1.165, 1.54) is 11.8 Å². The lowest BCUT2D eigenvalue weighted by molar-refractivity contribution is -0.123. The number of rotatable bonds is 9. The average molecular weight is 427 g/mol. The first kappa shape index (κ1) is 21.4. The van der Waals surface area contributed by atoms with Crippen molar-refractivity contribution in [2.24, 2.45) is 0 Å². The molecule has 0 saturated carbocycles. The van der Waals surface area contributed by atoms with E-state index in [1.807, 2.05) is 13.0 Å². The van der Waals surface area contributed by atoms with Gasteiger partial charge < -0.3 is 15.4 Å². The summed E-state index contributed by atoms with van der Waals surface area (Å²) in [6.07, 6.45) is 0. The lowest BCUT2D eigenvalue weighted by Gasteiger charge is -2.09.